The number of hydrogen-bond acceptors (Lipinski definition) is 2. The summed E-state index contributed by atoms with van der Waals surface area (Å²) >= 11 is 0. The predicted octanol–water partition coefficient (Wildman–Crippen LogP) is 5.21. The van der Waals surface area contributed by atoms with Crippen LogP contribution in [0.3, 0.4) is 0 Å². The molecule has 3 atom stereocenters. The molecule has 0 saturated carbocycles. The van der Waals surface area contributed by atoms with E-state index in [1.165, 1.54) is 0 Å². The van der Waals surface area contributed by atoms with Gasteiger partial charge in [0.15, 0.2) is 0 Å². The van der Waals surface area contributed by atoms with Gasteiger partial charge in [0.25, 0.3) is 0 Å². The highest BCUT2D eigenvalue weighted by Gasteiger charge is 2.52. The average Bonchev–Trinajstić information content (AvgIpc) is 2.39. The third-order valence-electron chi connectivity index (χ3n) is 4.91. The fourth-order valence-electron chi connectivity index (χ4n) is 3.81. The van der Waals surface area contributed by atoms with Gasteiger partial charge in [-0.1, -0.05) is 67.2 Å². The monoisotopic (exact) mass is 328 g/mol. The second-order valence-corrected chi connectivity index (χ2v) is 8.15. The Morgan fingerprint density at radius 3 is 1.87 bits per heavy atom. The fraction of sp³-hybridized carbons (Fsp3) is 0.895. The number of carbonyl (C=O) groups is 2. The molecule has 23 heavy (non-hydrogen) atoms. The maximum Gasteiger partial charge on any atom is 0.310 e. The molecule has 4 heteroatoms. The van der Waals surface area contributed by atoms with E-state index in [1.54, 1.807) is 0 Å². The van der Waals surface area contributed by atoms with Gasteiger partial charge in [-0.15, -0.1) is 0 Å². The molecule has 4 nitrogen and oxygen atoms in total. The van der Waals surface area contributed by atoms with Crippen molar-refractivity contribution in [1.82, 2.24) is 0 Å². The smallest absolute Gasteiger partial charge is 0.310 e. The van der Waals surface area contributed by atoms with E-state index in [2.05, 4.69) is 20.8 Å². The van der Waals surface area contributed by atoms with Crippen molar-refractivity contribution in [3.63, 3.8) is 0 Å². The van der Waals surface area contributed by atoms with Crippen LogP contribution in [0.4, 0.5) is 0 Å². The topological polar surface area (TPSA) is 74.6 Å². The van der Waals surface area contributed by atoms with E-state index in [4.69, 9.17) is 0 Å². The van der Waals surface area contributed by atoms with Crippen LogP contribution in [-0.2, 0) is 9.59 Å². The molecule has 0 aromatic carbocycles. The molecule has 0 aliphatic heterocycles. The summed E-state index contributed by atoms with van der Waals surface area (Å²) in [6.45, 7) is 12.2. The molecule has 2 N–H and O–H groups in total. The predicted molar refractivity (Wildman–Crippen MR) is 93.5 cm³/mol. The molecule has 0 fully saturated rings. The zero-order valence-corrected chi connectivity index (χ0v) is 15.8. The first-order chi connectivity index (χ1) is 10.5. The Morgan fingerprint density at radius 2 is 1.52 bits per heavy atom. The van der Waals surface area contributed by atoms with Crippen LogP contribution < -0.4 is 0 Å². The second-order valence-electron chi connectivity index (χ2n) is 8.15. The van der Waals surface area contributed by atoms with Crippen LogP contribution in [0.15, 0.2) is 0 Å². The summed E-state index contributed by atoms with van der Waals surface area (Å²) in [5.41, 5.74) is -1.20. The molecular formula is C19H36O4. The molecule has 0 heterocycles. The number of aliphatic carboxylic acids is 2. The van der Waals surface area contributed by atoms with Gasteiger partial charge in [-0.25, -0.2) is 0 Å². The molecule has 0 aromatic rings. The SMILES string of the molecule is CCCCC(C(=O)O)C(CCCC)(C(=O)O)C(C)CC(C)(C)C. The van der Waals surface area contributed by atoms with Crippen LogP contribution in [-0.4, -0.2) is 22.2 Å². The minimum absolute atomic E-state index is 0.0276. The van der Waals surface area contributed by atoms with Crippen molar-refractivity contribution in [2.24, 2.45) is 22.7 Å². The Hall–Kier alpha value is -1.06. The highest BCUT2D eigenvalue weighted by atomic mass is 16.4. The molecule has 0 aliphatic rings. The molecule has 3 unspecified atom stereocenters. The molecule has 0 radical (unpaired) electrons. The van der Waals surface area contributed by atoms with E-state index in [1.807, 2.05) is 20.8 Å². The lowest BCUT2D eigenvalue weighted by molar-refractivity contribution is -0.169. The number of unbranched alkanes of at least 4 members (excludes halogenated alkanes) is 2. The van der Waals surface area contributed by atoms with E-state index < -0.39 is 23.3 Å². The fourth-order valence-corrected chi connectivity index (χ4v) is 3.81. The van der Waals surface area contributed by atoms with Crippen molar-refractivity contribution >= 4 is 11.9 Å². The third-order valence-corrected chi connectivity index (χ3v) is 4.91. The van der Waals surface area contributed by atoms with E-state index >= 15 is 0 Å². The number of carboxylic acids is 2. The van der Waals surface area contributed by atoms with E-state index in [-0.39, 0.29) is 11.3 Å². The first-order valence-corrected chi connectivity index (χ1v) is 8.99. The summed E-state index contributed by atoms with van der Waals surface area (Å²) in [7, 11) is 0. The Labute approximate surface area is 141 Å². The molecule has 0 aromatic heterocycles. The third kappa shape index (κ3) is 6.15. The molecular weight excluding hydrogens is 292 g/mol. The van der Waals surface area contributed by atoms with Gasteiger partial charge in [0.05, 0.1) is 11.3 Å². The molecule has 0 bridgehead atoms. The van der Waals surface area contributed by atoms with Crippen molar-refractivity contribution in [3.05, 3.63) is 0 Å². The zero-order valence-electron chi connectivity index (χ0n) is 15.8. The van der Waals surface area contributed by atoms with Gasteiger partial charge in [0, 0.05) is 0 Å². The highest BCUT2D eigenvalue weighted by molar-refractivity contribution is 5.83. The maximum atomic E-state index is 12.3. The van der Waals surface area contributed by atoms with E-state index in [0.29, 0.717) is 19.3 Å². The van der Waals surface area contributed by atoms with Crippen molar-refractivity contribution in [2.45, 2.75) is 86.5 Å². The van der Waals surface area contributed by atoms with E-state index in [9.17, 15) is 19.8 Å². The highest BCUT2D eigenvalue weighted by Crippen LogP contribution is 2.47. The Balaban J connectivity index is 5.87. The lowest BCUT2D eigenvalue weighted by Crippen LogP contribution is -2.48. The van der Waals surface area contributed by atoms with Crippen molar-refractivity contribution in [1.29, 1.82) is 0 Å². The van der Waals surface area contributed by atoms with Gasteiger partial charge in [-0.05, 0) is 30.6 Å². The van der Waals surface area contributed by atoms with Crippen LogP contribution in [0, 0.1) is 22.7 Å². The largest absolute Gasteiger partial charge is 0.481 e. The Morgan fingerprint density at radius 1 is 1.00 bits per heavy atom. The number of rotatable bonds is 11. The molecule has 136 valence electrons. The number of carboxylic acid groups (broad SMARTS) is 2. The lowest BCUT2D eigenvalue weighted by Gasteiger charge is -2.42. The summed E-state index contributed by atoms with van der Waals surface area (Å²) in [4.78, 5) is 24.2. The second kappa shape index (κ2) is 9.29. The first-order valence-electron chi connectivity index (χ1n) is 8.99. The molecule has 0 spiro atoms. The van der Waals surface area contributed by atoms with Crippen LogP contribution >= 0.6 is 0 Å². The standard InChI is InChI=1S/C19H36O4/c1-7-9-11-15(16(20)21)19(17(22)23,12-10-8-2)14(3)13-18(4,5)6/h14-15H,7-13H2,1-6H3,(H,20,21)(H,22,23). The quantitative estimate of drug-likeness (QED) is 0.546. The van der Waals surface area contributed by atoms with Crippen molar-refractivity contribution < 1.29 is 19.8 Å². The Bertz CT molecular complexity index is 383. The van der Waals surface area contributed by atoms with Crippen LogP contribution in [0.25, 0.3) is 0 Å². The summed E-state index contributed by atoms with van der Waals surface area (Å²) in [5.74, 6) is -2.89. The molecule has 0 amide bonds. The van der Waals surface area contributed by atoms with Gasteiger partial charge in [-0.2, -0.15) is 0 Å². The Kier molecular flexibility index (Phi) is 8.86. The van der Waals surface area contributed by atoms with Crippen LogP contribution in [0.1, 0.15) is 86.5 Å². The molecule has 0 saturated heterocycles. The number of hydrogen-bond donors (Lipinski definition) is 2. The van der Waals surface area contributed by atoms with Crippen molar-refractivity contribution in [2.75, 3.05) is 0 Å². The molecule has 0 aliphatic carbocycles. The minimum atomic E-state index is -1.18. The van der Waals surface area contributed by atoms with Gasteiger partial charge in [0.1, 0.15) is 0 Å². The normalized spacial score (nSPS) is 17.3. The summed E-state index contributed by atoms with van der Waals surface area (Å²) in [6, 6.07) is 0. The summed E-state index contributed by atoms with van der Waals surface area (Å²) in [5, 5.41) is 19.8. The lowest BCUT2D eigenvalue weighted by atomic mass is 9.60. The zero-order chi connectivity index (χ0) is 18.3. The van der Waals surface area contributed by atoms with Gasteiger partial charge in [-0.3, -0.25) is 9.59 Å². The average molecular weight is 328 g/mol. The summed E-state index contributed by atoms with van der Waals surface area (Å²) in [6.07, 6.45) is 4.83. The minimum Gasteiger partial charge on any atom is -0.481 e. The molecule has 0 rings (SSSR count). The van der Waals surface area contributed by atoms with Gasteiger partial charge < -0.3 is 10.2 Å². The maximum absolute atomic E-state index is 12.3. The van der Waals surface area contributed by atoms with E-state index in [0.717, 1.165) is 25.7 Å². The van der Waals surface area contributed by atoms with Gasteiger partial charge >= 0.3 is 11.9 Å². The van der Waals surface area contributed by atoms with Gasteiger partial charge in [0.2, 0.25) is 0 Å². The van der Waals surface area contributed by atoms with Crippen LogP contribution in [0.2, 0.25) is 0 Å². The first kappa shape index (κ1) is 21.9. The summed E-state index contributed by atoms with van der Waals surface area (Å²) < 4.78 is 0. The van der Waals surface area contributed by atoms with Crippen LogP contribution in [0.5, 0.6) is 0 Å². The van der Waals surface area contributed by atoms with Crippen molar-refractivity contribution in [3.8, 4) is 0 Å².